The van der Waals surface area contributed by atoms with Gasteiger partial charge in [0.2, 0.25) is 5.91 Å². The molecule has 0 bridgehead atoms. The molecule has 62 valence electrons. The Bertz CT molecular complexity index is 117. The zero-order valence-corrected chi connectivity index (χ0v) is 7.92. The zero-order chi connectivity index (χ0) is 5.28. The van der Waals surface area contributed by atoms with E-state index >= 15 is 0 Å². The minimum Gasteiger partial charge on any atom is -0.286 e. The highest BCUT2D eigenvalue weighted by Gasteiger charge is 2.16. The Kier molecular flexibility index (Phi) is 12.5. The quantitative estimate of drug-likeness (QED) is 0.676. The summed E-state index contributed by atoms with van der Waals surface area (Å²) in [7, 11) is 0. The first kappa shape index (κ1) is 16.8. The molecule has 0 unspecified atom stereocenters. The van der Waals surface area contributed by atoms with Gasteiger partial charge in [-0.15, -0.1) is 37.2 Å². The van der Waals surface area contributed by atoms with E-state index < -0.39 is 0 Å². The third kappa shape index (κ3) is 5.17. The van der Waals surface area contributed by atoms with E-state index in [2.05, 4.69) is 5.32 Å². The van der Waals surface area contributed by atoms with Gasteiger partial charge in [-0.3, -0.25) is 14.9 Å². The molecule has 2 amide bonds. The fourth-order valence-electron chi connectivity index (χ4n) is 0.317. The van der Waals surface area contributed by atoms with Gasteiger partial charge in [0.25, 0.3) is 5.24 Å². The summed E-state index contributed by atoms with van der Waals surface area (Å²) < 4.78 is 0. The van der Waals surface area contributed by atoms with Crippen LogP contribution in [0.1, 0.15) is 0 Å². The molecule has 1 saturated heterocycles. The van der Waals surface area contributed by atoms with Gasteiger partial charge < -0.3 is 0 Å². The summed E-state index contributed by atoms with van der Waals surface area (Å²) >= 11 is 1.01. The van der Waals surface area contributed by atoms with E-state index in [9.17, 15) is 9.59 Å². The fraction of sp³-hybridized carbons (Fsp3) is 0.333. The lowest BCUT2D eigenvalue weighted by Crippen LogP contribution is -2.18. The number of halogens is 3. The van der Waals surface area contributed by atoms with Crippen LogP contribution in [0.4, 0.5) is 4.79 Å². The molecular formula is C3H6Cl3NO2S. The first-order valence-corrected chi connectivity index (χ1v) is 2.74. The highest BCUT2D eigenvalue weighted by atomic mass is 35.5. The normalized spacial score (nSPS) is 14.0. The highest BCUT2D eigenvalue weighted by Crippen LogP contribution is 2.06. The van der Waals surface area contributed by atoms with Gasteiger partial charge in [0.15, 0.2) is 0 Å². The van der Waals surface area contributed by atoms with Crippen LogP contribution in [0.2, 0.25) is 0 Å². The summed E-state index contributed by atoms with van der Waals surface area (Å²) in [6.45, 7) is 0. The number of thioether (sulfide) groups is 1. The number of nitrogens with one attached hydrogen (secondary N) is 1. The van der Waals surface area contributed by atoms with Crippen LogP contribution >= 0.6 is 49.0 Å². The van der Waals surface area contributed by atoms with Crippen molar-refractivity contribution in [3.63, 3.8) is 0 Å². The molecule has 0 radical (unpaired) electrons. The summed E-state index contributed by atoms with van der Waals surface area (Å²) in [5.41, 5.74) is 0. The Balaban J connectivity index is -0.000000163. The van der Waals surface area contributed by atoms with Crippen molar-refractivity contribution in [2.24, 2.45) is 0 Å². The number of imide groups is 1. The molecule has 0 spiro atoms. The lowest BCUT2D eigenvalue weighted by atomic mass is 10.7. The second-order valence-corrected chi connectivity index (χ2v) is 2.07. The Morgan fingerprint density at radius 2 is 1.70 bits per heavy atom. The first-order valence-electron chi connectivity index (χ1n) is 1.75. The summed E-state index contributed by atoms with van der Waals surface area (Å²) in [4.78, 5) is 20.2. The zero-order valence-electron chi connectivity index (χ0n) is 4.66. The van der Waals surface area contributed by atoms with E-state index in [1.54, 1.807) is 0 Å². The topological polar surface area (TPSA) is 46.2 Å². The van der Waals surface area contributed by atoms with Gasteiger partial charge >= 0.3 is 0 Å². The van der Waals surface area contributed by atoms with Crippen molar-refractivity contribution in [3.8, 4) is 0 Å². The third-order valence-corrected chi connectivity index (χ3v) is 1.35. The molecular weight excluding hydrogens is 220 g/mol. The molecule has 1 aliphatic heterocycles. The number of hydrogen-bond donors (Lipinski definition) is 1. The molecule has 1 heterocycles. The standard InChI is InChI=1S/C3H3NO2S.3ClH/c5-2-1-7-3(6)4-2;;;/h1H2,(H,4,5,6);3*1H. The summed E-state index contributed by atoms with van der Waals surface area (Å²) in [5, 5.41) is 1.87. The SMILES string of the molecule is Cl.Cl.Cl.O=C1CSC(=O)N1. The average molecular weight is 227 g/mol. The molecule has 0 saturated carbocycles. The van der Waals surface area contributed by atoms with E-state index in [4.69, 9.17) is 0 Å². The van der Waals surface area contributed by atoms with Gasteiger partial charge in [-0.25, -0.2) is 0 Å². The molecule has 1 fully saturated rings. The van der Waals surface area contributed by atoms with Crippen LogP contribution in [0, 0.1) is 0 Å². The van der Waals surface area contributed by atoms with Crippen molar-refractivity contribution in [1.29, 1.82) is 0 Å². The van der Waals surface area contributed by atoms with Crippen molar-refractivity contribution in [3.05, 3.63) is 0 Å². The maximum absolute atomic E-state index is 10.1. The Labute approximate surface area is 80.9 Å². The van der Waals surface area contributed by atoms with Crippen LogP contribution in [0.15, 0.2) is 0 Å². The van der Waals surface area contributed by atoms with Gasteiger partial charge in [0.05, 0.1) is 5.75 Å². The first-order chi connectivity index (χ1) is 3.29. The molecule has 0 atom stereocenters. The van der Waals surface area contributed by atoms with Crippen LogP contribution in [-0.4, -0.2) is 16.9 Å². The lowest BCUT2D eigenvalue weighted by molar-refractivity contribution is -0.117. The van der Waals surface area contributed by atoms with Gasteiger partial charge in [0.1, 0.15) is 0 Å². The predicted molar refractivity (Wildman–Crippen MR) is 47.7 cm³/mol. The van der Waals surface area contributed by atoms with E-state index in [1.165, 1.54) is 0 Å². The molecule has 3 nitrogen and oxygen atoms in total. The summed E-state index contributed by atoms with van der Waals surface area (Å²) in [6, 6.07) is 0. The van der Waals surface area contributed by atoms with Crippen LogP contribution in [0.5, 0.6) is 0 Å². The smallest absolute Gasteiger partial charge is 0.286 e. The third-order valence-electron chi connectivity index (χ3n) is 0.576. The predicted octanol–water partition coefficient (Wildman–Crippen LogP) is 1.23. The highest BCUT2D eigenvalue weighted by molar-refractivity contribution is 8.14. The average Bonchev–Trinajstić information content (AvgIpc) is 1.87. The molecule has 1 rings (SSSR count). The lowest BCUT2D eigenvalue weighted by Gasteiger charge is -1.77. The second-order valence-electron chi connectivity index (χ2n) is 1.12. The molecule has 0 aromatic heterocycles. The maximum Gasteiger partial charge on any atom is 0.286 e. The number of carbonyl (C=O) groups is 2. The Morgan fingerprint density at radius 3 is 1.80 bits per heavy atom. The Hall–Kier alpha value is 0.360. The molecule has 0 aromatic carbocycles. The summed E-state index contributed by atoms with van der Waals surface area (Å²) in [6.07, 6.45) is 0. The number of amides is 2. The number of carbonyl (C=O) groups excluding carboxylic acids is 2. The minimum absolute atomic E-state index is 0. The molecule has 1 N–H and O–H groups in total. The largest absolute Gasteiger partial charge is 0.286 e. The van der Waals surface area contributed by atoms with E-state index in [0.717, 1.165) is 11.8 Å². The fourth-order valence-corrected chi connectivity index (χ4v) is 0.837. The van der Waals surface area contributed by atoms with Gasteiger partial charge in [-0.05, 0) is 0 Å². The van der Waals surface area contributed by atoms with Crippen LogP contribution in [0.25, 0.3) is 0 Å². The van der Waals surface area contributed by atoms with Crippen molar-refractivity contribution >= 4 is 60.1 Å². The van der Waals surface area contributed by atoms with Crippen molar-refractivity contribution in [2.75, 3.05) is 5.75 Å². The number of rotatable bonds is 0. The van der Waals surface area contributed by atoms with Crippen molar-refractivity contribution in [2.45, 2.75) is 0 Å². The molecule has 1 aliphatic rings. The second kappa shape index (κ2) is 7.47. The van der Waals surface area contributed by atoms with Crippen LogP contribution in [0.3, 0.4) is 0 Å². The Morgan fingerprint density at radius 1 is 1.20 bits per heavy atom. The maximum atomic E-state index is 10.1. The molecule has 10 heavy (non-hydrogen) atoms. The van der Waals surface area contributed by atoms with Gasteiger partial charge in [-0.1, -0.05) is 11.8 Å². The van der Waals surface area contributed by atoms with E-state index in [-0.39, 0.29) is 48.4 Å². The van der Waals surface area contributed by atoms with Crippen LogP contribution < -0.4 is 5.32 Å². The van der Waals surface area contributed by atoms with Crippen LogP contribution in [-0.2, 0) is 4.79 Å². The van der Waals surface area contributed by atoms with E-state index in [0.29, 0.717) is 5.75 Å². The minimum atomic E-state index is -0.231. The summed E-state index contributed by atoms with van der Waals surface area (Å²) in [5.74, 6) is 0.105. The molecule has 7 heteroatoms. The number of hydrogen-bond acceptors (Lipinski definition) is 3. The van der Waals surface area contributed by atoms with Crippen molar-refractivity contribution in [1.82, 2.24) is 5.32 Å². The van der Waals surface area contributed by atoms with E-state index in [1.807, 2.05) is 0 Å². The van der Waals surface area contributed by atoms with Gasteiger partial charge in [-0.2, -0.15) is 0 Å². The van der Waals surface area contributed by atoms with Gasteiger partial charge in [0, 0.05) is 0 Å². The monoisotopic (exact) mass is 225 g/mol. The molecule has 0 aliphatic carbocycles. The molecule has 0 aromatic rings. The van der Waals surface area contributed by atoms with Crippen molar-refractivity contribution < 1.29 is 9.59 Å².